The molecule has 1 saturated heterocycles. The Bertz CT molecular complexity index is 812. The van der Waals surface area contributed by atoms with Crippen molar-refractivity contribution in [1.82, 2.24) is 10.2 Å². The number of para-hydroxylation sites is 1. The Morgan fingerprint density at radius 2 is 1.68 bits per heavy atom. The molecule has 6 heteroatoms. The second-order valence-corrected chi connectivity index (χ2v) is 7.21. The molecule has 0 spiro atoms. The monoisotopic (exact) mass is 381 g/mol. The Morgan fingerprint density at radius 3 is 2.36 bits per heavy atom. The zero-order valence-electron chi connectivity index (χ0n) is 16.4. The highest BCUT2D eigenvalue weighted by Gasteiger charge is 2.15. The zero-order valence-corrected chi connectivity index (χ0v) is 16.4. The second-order valence-electron chi connectivity index (χ2n) is 7.21. The van der Waals surface area contributed by atoms with Crippen LogP contribution in [0.3, 0.4) is 0 Å². The summed E-state index contributed by atoms with van der Waals surface area (Å²) >= 11 is 0. The minimum Gasteiger partial charge on any atom is -0.379 e. The third-order valence-corrected chi connectivity index (χ3v) is 4.57. The van der Waals surface area contributed by atoms with Gasteiger partial charge in [-0.3, -0.25) is 14.5 Å². The zero-order chi connectivity index (χ0) is 19.9. The minimum absolute atomic E-state index is 0.0234. The minimum atomic E-state index is -0.234. The molecule has 1 fully saturated rings. The van der Waals surface area contributed by atoms with Gasteiger partial charge in [0.2, 0.25) is 0 Å². The van der Waals surface area contributed by atoms with Gasteiger partial charge < -0.3 is 15.4 Å². The molecule has 6 nitrogen and oxygen atoms in total. The molecule has 28 heavy (non-hydrogen) atoms. The standard InChI is InChI=1S/C22H27N3O3/c1-16(2)23-22(27)19-5-3-4-6-20(19)24-21(26)18-9-7-17(8-10-18)15-25-11-13-28-14-12-25/h3-10,16H,11-15H2,1-2H3,(H,23,27)(H,24,26). The van der Waals surface area contributed by atoms with Crippen molar-refractivity contribution in [2.45, 2.75) is 26.4 Å². The smallest absolute Gasteiger partial charge is 0.255 e. The van der Waals surface area contributed by atoms with Crippen LogP contribution in [0, 0.1) is 0 Å². The first kappa shape index (κ1) is 20.0. The fourth-order valence-electron chi connectivity index (χ4n) is 3.10. The molecular weight excluding hydrogens is 354 g/mol. The highest BCUT2D eigenvalue weighted by atomic mass is 16.5. The first-order valence-corrected chi connectivity index (χ1v) is 9.63. The summed E-state index contributed by atoms with van der Waals surface area (Å²) in [6.45, 7) is 8.04. The Balaban J connectivity index is 1.65. The molecule has 0 unspecified atom stereocenters. The van der Waals surface area contributed by atoms with Crippen molar-refractivity contribution >= 4 is 17.5 Å². The maximum Gasteiger partial charge on any atom is 0.255 e. The van der Waals surface area contributed by atoms with Crippen LogP contribution in [0.4, 0.5) is 5.69 Å². The Morgan fingerprint density at radius 1 is 1.00 bits per heavy atom. The number of benzene rings is 2. The largest absolute Gasteiger partial charge is 0.379 e. The quantitative estimate of drug-likeness (QED) is 0.807. The summed E-state index contributed by atoms with van der Waals surface area (Å²) in [5.74, 6) is -0.436. The van der Waals surface area contributed by atoms with Crippen molar-refractivity contribution in [3.05, 3.63) is 65.2 Å². The molecule has 2 amide bonds. The average molecular weight is 381 g/mol. The van der Waals surface area contributed by atoms with Crippen molar-refractivity contribution in [3.8, 4) is 0 Å². The summed E-state index contributed by atoms with van der Waals surface area (Å²) in [5, 5.41) is 5.71. The maximum atomic E-state index is 12.6. The molecule has 3 rings (SSSR count). The molecule has 148 valence electrons. The van der Waals surface area contributed by atoms with Gasteiger partial charge in [0.1, 0.15) is 0 Å². The lowest BCUT2D eigenvalue weighted by molar-refractivity contribution is 0.0342. The van der Waals surface area contributed by atoms with Crippen LogP contribution in [-0.4, -0.2) is 49.1 Å². The highest BCUT2D eigenvalue weighted by Crippen LogP contribution is 2.17. The van der Waals surface area contributed by atoms with Gasteiger partial charge in [-0.15, -0.1) is 0 Å². The number of amides is 2. The van der Waals surface area contributed by atoms with Crippen LogP contribution < -0.4 is 10.6 Å². The predicted octanol–water partition coefficient (Wildman–Crippen LogP) is 2.91. The number of anilines is 1. The van der Waals surface area contributed by atoms with Gasteiger partial charge in [-0.25, -0.2) is 0 Å². The maximum absolute atomic E-state index is 12.6. The van der Waals surface area contributed by atoms with Gasteiger partial charge >= 0.3 is 0 Å². The molecule has 0 bridgehead atoms. The lowest BCUT2D eigenvalue weighted by Crippen LogP contribution is -2.35. The Labute approximate surface area is 165 Å². The number of carbonyl (C=O) groups is 2. The van der Waals surface area contributed by atoms with Crippen molar-refractivity contribution in [2.75, 3.05) is 31.6 Å². The molecule has 0 aromatic heterocycles. The number of carbonyl (C=O) groups excluding carboxylic acids is 2. The van der Waals surface area contributed by atoms with Crippen molar-refractivity contribution in [1.29, 1.82) is 0 Å². The summed E-state index contributed by atoms with van der Waals surface area (Å²) in [5.41, 5.74) is 2.68. The van der Waals surface area contributed by atoms with E-state index in [0.29, 0.717) is 16.8 Å². The van der Waals surface area contributed by atoms with Crippen molar-refractivity contribution in [2.24, 2.45) is 0 Å². The van der Waals surface area contributed by atoms with Crippen LogP contribution in [-0.2, 0) is 11.3 Å². The fourth-order valence-corrected chi connectivity index (χ4v) is 3.10. The molecule has 0 saturated carbocycles. The highest BCUT2D eigenvalue weighted by molar-refractivity contribution is 6.09. The van der Waals surface area contributed by atoms with Crippen LogP contribution in [0.25, 0.3) is 0 Å². The average Bonchev–Trinajstić information content (AvgIpc) is 2.69. The summed E-state index contributed by atoms with van der Waals surface area (Å²) in [6, 6.07) is 14.6. The summed E-state index contributed by atoms with van der Waals surface area (Å²) in [6.07, 6.45) is 0. The number of nitrogens with one attached hydrogen (secondary N) is 2. The Kier molecular flexibility index (Phi) is 6.79. The van der Waals surface area contributed by atoms with Gasteiger partial charge in [0.25, 0.3) is 11.8 Å². The van der Waals surface area contributed by atoms with E-state index in [1.807, 2.05) is 38.1 Å². The summed E-state index contributed by atoms with van der Waals surface area (Å²) < 4.78 is 5.37. The van der Waals surface area contributed by atoms with Gasteiger partial charge in [-0.05, 0) is 43.7 Å². The molecule has 0 atom stereocenters. The molecule has 1 aliphatic rings. The number of ether oxygens (including phenoxy) is 1. The van der Waals surface area contributed by atoms with Crippen LogP contribution >= 0.6 is 0 Å². The van der Waals surface area contributed by atoms with E-state index in [4.69, 9.17) is 4.74 Å². The molecule has 2 aromatic carbocycles. The predicted molar refractivity (Wildman–Crippen MR) is 110 cm³/mol. The third-order valence-electron chi connectivity index (χ3n) is 4.57. The number of morpholine rings is 1. The number of hydrogen-bond donors (Lipinski definition) is 2. The molecule has 0 radical (unpaired) electrons. The first-order valence-electron chi connectivity index (χ1n) is 9.63. The van der Waals surface area contributed by atoms with Gasteiger partial charge in [0.15, 0.2) is 0 Å². The summed E-state index contributed by atoms with van der Waals surface area (Å²) in [7, 11) is 0. The normalized spacial score (nSPS) is 14.7. The third kappa shape index (κ3) is 5.41. The van der Waals surface area contributed by atoms with E-state index in [2.05, 4.69) is 15.5 Å². The molecule has 1 aliphatic heterocycles. The lowest BCUT2D eigenvalue weighted by Gasteiger charge is -2.26. The molecule has 2 N–H and O–H groups in total. The van der Waals surface area contributed by atoms with Crippen LogP contribution in [0.1, 0.15) is 40.1 Å². The van der Waals surface area contributed by atoms with E-state index in [9.17, 15) is 9.59 Å². The topological polar surface area (TPSA) is 70.7 Å². The van der Waals surface area contributed by atoms with E-state index >= 15 is 0 Å². The molecule has 0 aliphatic carbocycles. The van der Waals surface area contributed by atoms with Gasteiger partial charge in [0.05, 0.1) is 24.5 Å². The van der Waals surface area contributed by atoms with E-state index in [0.717, 1.165) is 38.4 Å². The van der Waals surface area contributed by atoms with Crippen LogP contribution in [0.15, 0.2) is 48.5 Å². The SMILES string of the molecule is CC(C)NC(=O)c1ccccc1NC(=O)c1ccc(CN2CCOCC2)cc1. The van der Waals surface area contributed by atoms with E-state index in [1.54, 1.807) is 24.3 Å². The Hall–Kier alpha value is -2.70. The fraction of sp³-hybridized carbons (Fsp3) is 0.364. The number of rotatable bonds is 6. The van der Waals surface area contributed by atoms with E-state index in [-0.39, 0.29) is 17.9 Å². The lowest BCUT2D eigenvalue weighted by atomic mass is 10.1. The molecule has 1 heterocycles. The van der Waals surface area contributed by atoms with Crippen LogP contribution in [0.2, 0.25) is 0 Å². The van der Waals surface area contributed by atoms with Gasteiger partial charge in [-0.1, -0.05) is 24.3 Å². The second kappa shape index (κ2) is 9.48. The number of hydrogen-bond acceptors (Lipinski definition) is 4. The van der Waals surface area contributed by atoms with Crippen LogP contribution in [0.5, 0.6) is 0 Å². The van der Waals surface area contributed by atoms with E-state index in [1.165, 1.54) is 0 Å². The van der Waals surface area contributed by atoms with Gasteiger partial charge in [0, 0.05) is 31.2 Å². The summed E-state index contributed by atoms with van der Waals surface area (Å²) in [4.78, 5) is 27.3. The van der Waals surface area contributed by atoms with E-state index < -0.39 is 0 Å². The number of nitrogens with zero attached hydrogens (tertiary/aromatic N) is 1. The molecular formula is C22H27N3O3. The van der Waals surface area contributed by atoms with Crippen molar-refractivity contribution < 1.29 is 14.3 Å². The van der Waals surface area contributed by atoms with Gasteiger partial charge in [-0.2, -0.15) is 0 Å². The first-order chi connectivity index (χ1) is 13.5. The van der Waals surface area contributed by atoms with Crippen molar-refractivity contribution in [3.63, 3.8) is 0 Å². The molecule has 2 aromatic rings.